The van der Waals surface area contributed by atoms with Crippen molar-refractivity contribution in [1.82, 2.24) is 0 Å². The Morgan fingerprint density at radius 2 is 1.67 bits per heavy atom. The topological polar surface area (TPSA) is 68.1 Å². The van der Waals surface area contributed by atoms with Gasteiger partial charge in [0.25, 0.3) is 11.5 Å². The molecule has 1 amide bonds. The molecule has 0 aliphatic carbocycles. The number of alkyl halides is 3. The summed E-state index contributed by atoms with van der Waals surface area (Å²) in [6.07, 6.45) is -4.33. The van der Waals surface area contributed by atoms with Crippen LogP contribution < -0.4 is 0 Å². The summed E-state index contributed by atoms with van der Waals surface area (Å²) in [7, 11) is -3.06. The third-order valence-electron chi connectivity index (χ3n) is 6.42. The number of benzene rings is 3. The number of carbonyl (C=O) groups is 1. The molecule has 3 aromatic carbocycles. The third-order valence-corrected chi connectivity index (χ3v) is 8.76. The van der Waals surface area contributed by atoms with E-state index in [-0.39, 0.29) is 16.8 Å². The normalized spacial score (nSPS) is 18.8. The first-order chi connectivity index (χ1) is 18.1. The molecule has 5 nitrogen and oxygen atoms in total. The second kappa shape index (κ2) is 10.2. The summed E-state index contributed by atoms with van der Waals surface area (Å²) >= 11 is 11.5. The minimum atomic E-state index is -4.96. The van der Waals surface area contributed by atoms with Crippen LogP contribution in [0.15, 0.2) is 62.9 Å². The van der Waals surface area contributed by atoms with Crippen LogP contribution in [0.5, 0.6) is 0 Å². The summed E-state index contributed by atoms with van der Waals surface area (Å²) in [5.41, 5.74) is -1.00. The van der Waals surface area contributed by atoms with Gasteiger partial charge in [-0.15, -0.1) is 0 Å². The maximum absolute atomic E-state index is 14.3. The van der Waals surface area contributed by atoms with Crippen molar-refractivity contribution in [2.75, 3.05) is 6.26 Å². The standard InChI is InChI=1S/C27H22Cl2F4N2O3S/c1-14-5-8-23(16(3)9-14)39(4,37)35-25(36)19-7-6-17(10-15(19)2)22-13-26(38-34-22,27(31,32)33)18-11-20(28)24(30)21(29)12-18/h5-12H,13H2,1-4H3. The Hall–Kier alpha value is -2.95. The Bertz CT molecular complexity index is 1640. The fourth-order valence-corrected chi connectivity index (χ4v) is 6.39. The van der Waals surface area contributed by atoms with Crippen LogP contribution in [0.3, 0.4) is 0 Å². The van der Waals surface area contributed by atoms with E-state index >= 15 is 0 Å². The molecule has 0 radical (unpaired) electrons. The van der Waals surface area contributed by atoms with E-state index in [4.69, 9.17) is 28.0 Å². The van der Waals surface area contributed by atoms with E-state index in [0.717, 1.165) is 23.3 Å². The summed E-state index contributed by atoms with van der Waals surface area (Å²) in [6.45, 7) is 5.25. The van der Waals surface area contributed by atoms with Gasteiger partial charge in [-0.3, -0.25) is 4.79 Å². The minimum absolute atomic E-state index is 0.0579. The molecule has 0 N–H and O–H groups in total. The van der Waals surface area contributed by atoms with E-state index < -0.39 is 55.3 Å². The van der Waals surface area contributed by atoms with Crippen LogP contribution in [0.4, 0.5) is 17.6 Å². The molecule has 2 unspecified atom stereocenters. The molecule has 0 aromatic heterocycles. The fourth-order valence-electron chi connectivity index (χ4n) is 4.41. The summed E-state index contributed by atoms with van der Waals surface area (Å²) in [6, 6.07) is 11.2. The molecular formula is C27H22Cl2F4N2O3S. The number of nitrogens with zero attached hydrogens (tertiary/aromatic N) is 2. The highest BCUT2D eigenvalue weighted by Gasteiger charge is 2.62. The van der Waals surface area contributed by atoms with Gasteiger partial charge in [0.1, 0.15) is 0 Å². The van der Waals surface area contributed by atoms with Crippen molar-refractivity contribution in [3.63, 3.8) is 0 Å². The van der Waals surface area contributed by atoms with Crippen LogP contribution in [-0.4, -0.2) is 28.3 Å². The van der Waals surface area contributed by atoms with Crippen LogP contribution in [-0.2, 0) is 20.2 Å². The number of hydrogen-bond donors (Lipinski definition) is 0. The van der Waals surface area contributed by atoms with Crippen LogP contribution >= 0.6 is 23.2 Å². The molecule has 0 saturated heterocycles. The van der Waals surface area contributed by atoms with Gasteiger partial charge in [0.2, 0.25) is 0 Å². The molecule has 1 aliphatic heterocycles. The number of halogens is 6. The van der Waals surface area contributed by atoms with E-state index in [9.17, 15) is 26.6 Å². The van der Waals surface area contributed by atoms with Gasteiger partial charge in [-0.05, 0) is 67.8 Å². The second-order valence-electron chi connectivity index (χ2n) is 9.38. The van der Waals surface area contributed by atoms with Gasteiger partial charge >= 0.3 is 6.18 Å². The van der Waals surface area contributed by atoms with Crippen molar-refractivity contribution in [1.29, 1.82) is 0 Å². The molecule has 12 heteroatoms. The minimum Gasteiger partial charge on any atom is -0.374 e. The van der Waals surface area contributed by atoms with Crippen molar-refractivity contribution in [2.24, 2.45) is 9.52 Å². The SMILES string of the molecule is Cc1ccc(S(C)(=O)=NC(=O)c2ccc(C3=NOC(c4cc(Cl)c(F)c(Cl)c4)(C(F)(F)F)C3)cc2C)c(C)c1. The van der Waals surface area contributed by atoms with E-state index in [2.05, 4.69) is 9.52 Å². The highest BCUT2D eigenvalue weighted by Crippen LogP contribution is 2.50. The lowest BCUT2D eigenvalue weighted by atomic mass is 9.86. The van der Waals surface area contributed by atoms with Gasteiger partial charge in [-0.2, -0.15) is 17.5 Å². The second-order valence-corrected chi connectivity index (χ2v) is 12.4. The van der Waals surface area contributed by atoms with Gasteiger partial charge in [0, 0.05) is 23.8 Å². The molecule has 3 aromatic rings. The van der Waals surface area contributed by atoms with E-state index in [1.807, 2.05) is 13.0 Å². The lowest BCUT2D eigenvalue weighted by Crippen LogP contribution is -2.42. The summed E-state index contributed by atoms with van der Waals surface area (Å²) in [5, 5.41) is 2.50. The van der Waals surface area contributed by atoms with Crippen molar-refractivity contribution in [3.8, 4) is 0 Å². The Morgan fingerprint density at radius 3 is 2.23 bits per heavy atom. The third kappa shape index (κ3) is 5.42. The molecule has 2 atom stereocenters. The molecule has 4 rings (SSSR count). The first-order valence-electron chi connectivity index (χ1n) is 11.5. The Labute approximate surface area is 232 Å². The average Bonchev–Trinajstić information content (AvgIpc) is 3.28. The predicted octanol–water partition coefficient (Wildman–Crippen LogP) is 7.94. The largest absolute Gasteiger partial charge is 0.435 e. The van der Waals surface area contributed by atoms with Crippen molar-refractivity contribution < 1.29 is 31.4 Å². The molecule has 39 heavy (non-hydrogen) atoms. The number of rotatable bonds is 4. The zero-order valence-corrected chi connectivity index (χ0v) is 23.4. The Morgan fingerprint density at radius 1 is 1.03 bits per heavy atom. The predicted molar refractivity (Wildman–Crippen MR) is 143 cm³/mol. The average molecular weight is 601 g/mol. The van der Waals surface area contributed by atoms with Crippen molar-refractivity contribution >= 4 is 44.5 Å². The number of carbonyl (C=O) groups excluding carboxylic acids is 1. The number of aryl methyl sites for hydroxylation is 3. The van der Waals surface area contributed by atoms with E-state index in [1.54, 1.807) is 26.0 Å². The zero-order chi connectivity index (χ0) is 28.9. The highest BCUT2D eigenvalue weighted by molar-refractivity contribution is 7.93. The fraction of sp³-hybridized carbons (Fsp3) is 0.259. The molecule has 206 valence electrons. The maximum Gasteiger partial charge on any atom is 0.435 e. The first kappa shape index (κ1) is 29.0. The van der Waals surface area contributed by atoms with Crippen LogP contribution in [0.2, 0.25) is 10.0 Å². The lowest BCUT2D eigenvalue weighted by molar-refractivity contribution is -0.275. The molecule has 0 fully saturated rings. The van der Waals surface area contributed by atoms with Gasteiger partial charge in [-0.1, -0.05) is 52.1 Å². The van der Waals surface area contributed by atoms with Crippen LogP contribution in [0.25, 0.3) is 0 Å². The van der Waals surface area contributed by atoms with Crippen molar-refractivity contribution in [2.45, 2.75) is 43.9 Å². The maximum atomic E-state index is 14.3. The highest BCUT2D eigenvalue weighted by atomic mass is 35.5. The lowest BCUT2D eigenvalue weighted by Gasteiger charge is -2.29. The number of hydrogen-bond acceptors (Lipinski definition) is 4. The summed E-state index contributed by atoms with van der Waals surface area (Å²) in [4.78, 5) is 18.4. The van der Waals surface area contributed by atoms with Gasteiger partial charge < -0.3 is 4.84 Å². The smallest absolute Gasteiger partial charge is 0.374 e. The van der Waals surface area contributed by atoms with Crippen LogP contribution in [0.1, 0.15) is 44.6 Å². The molecular weight excluding hydrogens is 579 g/mol. The quantitative estimate of drug-likeness (QED) is 0.225. The Balaban J connectivity index is 1.66. The molecule has 0 saturated carbocycles. The summed E-state index contributed by atoms with van der Waals surface area (Å²) < 4.78 is 74.0. The molecule has 1 aliphatic rings. The number of amides is 1. The van der Waals surface area contributed by atoms with Gasteiger partial charge in [0.15, 0.2) is 5.82 Å². The van der Waals surface area contributed by atoms with E-state index in [0.29, 0.717) is 10.5 Å². The van der Waals surface area contributed by atoms with Gasteiger partial charge in [0.05, 0.1) is 30.4 Å². The van der Waals surface area contributed by atoms with Crippen LogP contribution in [0, 0.1) is 26.6 Å². The monoisotopic (exact) mass is 600 g/mol. The van der Waals surface area contributed by atoms with Gasteiger partial charge in [-0.25, -0.2) is 8.60 Å². The van der Waals surface area contributed by atoms with Crippen molar-refractivity contribution in [3.05, 3.63) is 97.8 Å². The zero-order valence-electron chi connectivity index (χ0n) is 21.1. The van der Waals surface area contributed by atoms with E-state index in [1.165, 1.54) is 24.5 Å². The molecule has 0 bridgehead atoms. The molecule has 1 heterocycles. The Kier molecular flexibility index (Phi) is 7.61. The molecule has 0 spiro atoms. The first-order valence-corrected chi connectivity index (χ1v) is 14.2. The number of oxime groups is 1. The summed E-state index contributed by atoms with van der Waals surface area (Å²) in [5.74, 6) is -1.77.